The Hall–Kier alpha value is -1.86. The van der Waals surface area contributed by atoms with E-state index >= 15 is 0 Å². The number of hydrogen-bond donors (Lipinski definition) is 2. The van der Waals surface area contributed by atoms with Gasteiger partial charge in [-0.15, -0.1) is 0 Å². The molecule has 2 N–H and O–H groups in total. The zero-order chi connectivity index (χ0) is 15.6. The van der Waals surface area contributed by atoms with Crippen LogP contribution in [0, 0.1) is 6.92 Å². The van der Waals surface area contributed by atoms with Gasteiger partial charge in [-0.2, -0.15) is 0 Å². The zero-order valence-electron chi connectivity index (χ0n) is 12.3. The third-order valence-electron chi connectivity index (χ3n) is 3.36. The summed E-state index contributed by atoms with van der Waals surface area (Å²) in [6, 6.07) is 6.72. The van der Waals surface area contributed by atoms with Gasteiger partial charge in [0.1, 0.15) is 25.0 Å². The highest BCUT2D eigenvalue weighted by Gasteiger charge is 2.15. The summed E-state index contributed by atoms with van der Waals surface area (Å²) in [5.41, 5.74) is 1.22. The summed E-state index contributed by atoms with van der Waals surface area (Å²) in [7, 11) is -1.33. The van der Waals surface area contributed by atoms with E-state index in [1.165, 1.54) is 0 Å². The molecule has 1 aromatic heterocycles. The van der Waals surface area contributed by atoms with Crippen LogP contribution in [-0.4, -0.2) is 24.3 Å². The number of benzene rings is 1. The van der Waals surface area contributed by atoms with E-state index in [-0.39, 0.29) is 0 Å². The van der Waals surface area contributed by atoms with E-state index in [0.29, 0.717) is 12.2 Å². The molecule has 2 aromatic rings. The molecule has 0 aliphatic rings. The number of rotatable bonds is 5. The van der Waals surface area contributed by atoms with Crippen LogP contribution in [0.5, 0.6) is 0 Å². The van der Waals surface area contributed by atoms with Gasteiger partial charge >= 0.3 is 0 Å². The lowest BCUT2D eigenvalue weighted by Crippen LogP contribution is -2.30. The van der Waals surface area contributed by atoms with E-state index < -0.39 is 16.1 Å². The van der Waals surface area contributed by atoms with Crippen molar-refractivity contribution in [1.82, 2.24) is 4.57 Å². The lowest BCUT2D eigenvalue weighted by atomic mass is 10.1. The highest BCUT2D eigenvalue weighted by molar-refractivity contribution is 7.92. The molecule has 0 saturated heterocycles. The van der Waals surface area contributed by atoms with Gasteiger partial charge in [-0.1, -0.05) is 12.1 Å². The predicted octanol–water partition coefficient (Wildman–Crippen LogP) is 0.726. The fourth-order valence-electron chi connectivity index (χ4n) is 2.07. The van der Waals surface area contributed by atoms with Gasteiger partial charge in [-0.3, -0.25) is 4.72 Å². The van der Waals surface area contributed by atoms with Crippen molar-refractivity contribution in [3.05, 3.63) is 48.0 Å². The lowest BCUT2D eigenvalue weighted by molar-refractivity contribution is -0.677. The van der Waals surface area contributed by atoms with E-state index in [2.05, 4.69) is 4.72 Å². The fraction of sp³-hybridized carbons (Fsp3) is 0.357. The summed E-state index contributed by atoms with van der Waals surface area (Å²) >= 11 is 0. The number of anilines is 1. The Labute approximate surface area is 124 Å². The van der Waals surface area contributed by atoms with E-state index in [1.54, 1.807) is 24.3 Å². The highest BCUT2D eigenvalue weighted by Crippen LogP contribution is 2.18. The number of nitrogens with one attached hydrogen (secondary N) is 1. The molecule has 1 atom stereocenters. The number of hydrogen-bond acceptors (Lipinski definition) is 3. The van der Waals surface area contributed by atoms with Gasteiger partial charge in [-0.25, -0.2) is 17.6 Å². The zero-order valence-corrected chi connectivity index (χ0v) is 13.1. The summed E-state index contributed by atoms with van der Waals surface area (Å²) in [5, 5.41) is 10.3. The second kappa shape index (κ2) is 5.87. The van der Waals surface area contributed by atoms with Gasteiger partial charge < -0.3 is 5.11 Å². The molecule has 0 saturated carbocycles. The fourth-order valence-corrected chi connectivity index (χ4v) is 2.64. The van der Waals surface area contributed by atoms with E-state index in [1.807, 2.05) is 35.5 Å². The summed E-state index contributed by atoms with van der Waals surface area (Å²) < 4.78 is 28.6. The molecular formula is C14H20N3O3S+. The molecule has 0 amide bonds. The monoisotopic (exact) mass is 310 g/mol. The van der Waals surface area contributed by atoms with Crippen LogP contribution in [0.3, 0.4) is 0 Å². The normalized spacial score (nSPS) is 13.1. The maximum Gasteiger partial charge on any atom is 0.253 e. The number of aryl methyl sites for hydroxylation is 1. The predicted molar refractivity (Wildman–Crippen MR) is 80.2 cm³/mol. The molecular weight excluding hydrogens is 290 g/mol. The highest BCUT2D eigenvalue weighted by atomic mass is 32.2. The van der Waals surface area contributed by atoms with Crippen molar-refractivity contribution in [2.45, 2.75) is 19.6 Å². The molecule has 0 aliphatic carbocycles. The van der Waals surface area contributed by atoms with Gasteiger partial charge in [-0.05, 0) is 17.7 Å². The molecule has 1 aromatic carbocycles. The largest absolute Gasteiger partial charge is 0.384 e. The van der Waals surface area contributed by atoms with Crippen LogP contribution in [0.1, 0.15) is 17.5 Å². The second-order valence-electron chi connectivity index (χ2n) is 5.12. The van der Waals surface area contributed by atoms with Crippen LogP contribution in [0.2, 0.25) is 0 Å². The molecule has 1 heterocycles. The Morgan fingerprint density at radius 2 is 1.95 bits per heavy atom. The maximum absolute atomic E-state index is 11.1. The Morgan fingerprint density at radius 1 is 1.33 bits per heavy atom. The standard InChI is InChI=1S/C14H20N3O3S/c1-11-16(2)8-9-17(11)10-14(18)12-4-6-13(7-5-12)15-21(3,19)20/h4-9,14-15,18H,10H2,1-3H3/q+1. The third kappa shape index (κ3) is 4.05. The minimum absolute atomic E-state index is 0.450. The molecule has 7 heteroatoms. The van der Waals surface area contributed by atoms with Crippen molar-refractivity contribution in [1.29, 1.82) is 0 Å². The van der Waals surface area contributed by atoms with Crippen molar-refractivity contribution in [3.63, 3.8) is 0 Å². The molecule has 2 rings (SSSR count). The summed E-state index contributed by atoms with van der Waals surface area (Å²) in [6.45, 7) is 2.43. The number of nitrogens with zero attached hydrogens (tertiary/aromatic N) is 2. The van der Waals surface area contributed by atoms with Gasteiger partial charge in [0, 0.05) is 12.6 Å². The van der Waals surface area contributed by atoms with Crippen LogP contribution in [0.25, 0.3) is 0 Å². The van der Waals surface area contributed by atoms with Gasteiger partial charge in [0.15, 0.2) is 0 Å². The van der Waals surface area contributed by atoms with E-state index in [9.17, 15) is 13.5 Å². The molecule has 0 fully saturated rings. The van der Waals surface area contributed by atoms with Crippen LogP contribution in [0.4, 0.5) is 5.69 Å². The molecule has 0 spiro atoms. The van der Waals surface area contributed by atoms with Crippen LogP contribution in [0.15, 0.2) is 36.7 Å². The van der Waals surface area contributed by atoms with Crippen molar-refractivity contribution in [2.75, 3.05) is 11.0 Å². The quantitative estimate of drug-likeness (QED) is 0.799. The van der Waals surface area contributed by atoms with Crippen LogP contribution < -0.4 is 9.29 Å². The average Bonchev–Trinajstić information content (AvgIpc) is 2.69. The third-order valence-corrected chi connectivity index (χ3v) is 3.97. The Morgan fingerprint density at radius 3 is 2.43 bits per heavy atom. The molecule has 6 nitrogen and oxygen atoms in total. The molecule has 0 aliphatic heterocycles. The van der Waals surface area contributed by atoms with Crippen molar-refractivity contribution >= 4 is 15.7 Å². The van der Waals surface area contributed by atoms with Crippen LogP contribution >= 0.6 is 0 Å². The Bertz CT molecular complexity index is 720. The first kappa shape index (κ1) is 15.5. The molecule has 21 heavy (non-hydrogen) atoms. The Kier molecular flexibility index (Phi) is 4.34. The number of aromatic nitrogens is 2. The molecule has 114 valence electrons. The lowest BCUT2D eigenvalue weighted by Gasteiger charge is -2.11. The van der Waals surface area contributed by atoms with E-state index in [0.717, 1.165) is 17.6 Å². The minimum Gasteiger partial charge on any atom is -0.384 e. The summed E-state index contributed by atoms with van der Waals surface area (Å²) in [5.74, 6) is 1.05. The number of aliphatic hydroxyl groups excluding tert-OH is 1. The van der Waals surface area contributed by atoms with Gasteiger partial charge in [0.25, 0.3) is 5.82 Å². The van der Waals surface area contributed by atoms with Crippen molar-refractivity contribution in [2.24, 2.45) is 7.05 Å². The smallest absolute Gasteiger partial charge is 0.253 e. The summed E-state index contributed by atoms with van der Waals surface area (Å²) in [4.78, 5) is 0. The molecule has 0 radical (unpaired) electrons. The summed E-state index contributed by atoms with van der Waals surface area (Å²) in [6.07, 6.45) is 4.30. The molecule has 0 bridgehead atoms. The first-order chi connectivity index (χ1) is 9.76. The Balaban J connectivity index is 2.09. The number of imidazole rings is 1. The van der Waals surface area contributed by atoms with Crippen molar-refractivity contribution in [3.8, 4) is 0 Å². The van der Waals surface area contributed by atoms with Crippen molar-refractivity contribution < 1.29 is 18.1 Å². The topological polar surface area (TPSA) is 75.2 Å². The minimum atomic E-state index is -3.28. The second-order valence-corrected chi connectivity index (χ2v) is 6.87. The number of aliphatic hydroxyl groups is 1. The van der Waals surface area contributed by atoms with Gasteiger partial charge in [0.2, 0.25) is 10.0 Å². The first-order valence-corrected chi connectivity index (χ1v) is 8.42. The average molecular weight is 310 g/mol. The maximum atomic E-state index is 11.1. The van der Waals surface area contributed by atoms with E-state index in [4.69, 9.17) is 0 Å². The number of sulfonamides is 1. The molecule has 1 unspecified atom stereocenters. The first-order valence-electron chi connectivity index (χ1n) is 6.53. The van der Waals surface area contributed by atoms with Crippen LogP contribution in [-0.2, 0) is 23.6 Å². The SMILES string of the molecule is Cc1n(CC(O)c2ccc(NS(C)(=O)=O)cc2)cc[n+]1C. The van der Waals surface area contributed by atoms with Gasteiger partial charge in [0.05, 0.1) is 13.3 Å².